The highest BCUT2D eigenvalue weighted by Crippen LogP contribution is 2.19. The first-order valence-corrected chi connectivity index (χ1v) is 8.37. The molecule has 1 N–H and O–H groups in total. The average Bonchev–Trinajstić information content (AvgIpc) is 3.01. The fourth-order valence-electron chi connectivity index (χ4n) is 2.92. The number of rotatable bonds is 7. The van der Waals surface area contributed by atoms with Crippen molar-refractivity contribution in [1.82, 2.24) is 9.80 Å². The zero-order chi connectivity index (χ0) is 17.5. The van der Waals surface area contributed by atoms with Gasteiger partial charge in [0.15, 0.2) is 0 Å². The fraction of sp³-hybridized carbons (Fsp3) is 0.556. The molecule has 1 fully saturated rings. The Morgan fingerprint density at radius 2 is 2.04 bits per heavy atom. The lowest BCUT2D eigenvalue weighted by atomic mass is 10.1. The molecule has 1 atom stereocenters. The lowest BCUT2D eigenvalue weighted by Crippen LogP contribution is -2.40. The van der Waals surface area contributed by atoms with Gasteiger partial charge in [0.05, 0.1) is 6.54 Å². The van der Waals surface area contributed by atoms with Gasteiger partial charge >= 0.3 is 12.1 Å². The van der Waals surface area contributed by atoms with Crippen molar-refractivity contribution in [3.8, 4) is 0 Å². The zero-order valence-corrected chi connectivity index (χ0v) is 14.4. The molecule has 1 aliphatic rings. The smallest absolute Gasteiger partial charge is 0.410 e. The Morgan fingerprint density at radius 3 is 2.67 bits per heavy atom. The number of carbonyl (C=O) groups excluding carboxylic acids is 1. The van der Waals surface area contributed by atoms with Crippen molar-refractivity contribution < 1.29 is 19.4 Å². The molecule has 1 saturated heterocycles. The van der Waals surface area contributed by atoms with E-state index in [2.05, 4.69) is 0 Å². The Hall–Kier alpha value is -2.08. The monoisotopic (exact) mass is 334 g/mol. The maximum absolute atomic E-state index is 12.2. The highest BCUT2D eigenvalue weighted by molar-refractivity contribution is 5.69. The number of hydrogen-bond donors (Lipinski definition) is 1. The molecule has 0 radical (unpaired) electrons. The Morgan fingerprint density at radius 1 is 1.33 bits per heavy atom. The summed E-state index contributed by atoms with van der Waals surface area (Å²) in [5.74, 6) is -0.531. The van der Waals surface area contributed by atoms with Crippen LogP contribution in [-0.4, -0.2) is 59.2 Å². The zero-order valence-electron chi connectivity index (χ0n) is 14.4. The molecule has 1 aliphatic heterocycles. The molecule has 1 heterocycles. The minimum atomic E-state index is -0.819. The third kappa shape index (κ3) is 5.53. The van der Waals surface area contributed by atoms with E-state index in [0.717, 1.165) is 12.0 Å². The summed E-state index contributed by atoms with van der Waals surface area (Å²) in [4.78, 5) is 26.8. The van der Waals surface area contributed by atoms with E-state index in [1.807, 2.05) is 49.1 Å². The number of nitrogens with zero attached hydrogens (tertiary/aromatic N) is 2. The van der Waals surface area contributed by atoms with Gasteiger partial charge in [0.2, 0.25) is 0 Å². The summed E-state index contributed by atoms with van der Waals surface area (Å²) in [7, 11) is 0. The van der Waals surface area contributed by atoms with E-state index in [1.54, 1.807) is 4.90 Å². The van der Waals surface area contributed by atoms with Crippen molar-refractivity contribution >= 4 is 12.1 Å². The van der Waals surface area contributed by atoms with Gasteiger partial charge in [-0.2, -0.15) is 0 Å². The summed E-state index contributed by atoms with van der Waals surface area (Å²) in [5.41, 5.74) is 0.967. The van der Waals surface area contributed by atoms with Gasteiger partial charge < -0.3 is 14.7 Å². The predicted molar refractivity (Wildman–Crippen MR) is 90.7 cm³/mol. The van der Waals surface area contributed by atoms with Gasteiger partial charge in [-0.25, -0.2) is 4.79 Å². The largest absolute Gasteiger partial charge is 0.480 e. The van der Waals surface area contributed by atoms with E-state index in [1.165, 1.54) is 0 Å². The van der Waals surface area contributed by atoms with Crippen LogP contribution in [0.3, 0.4) is 0 Å². The van der Waals surface area contributed by atoms with Gasteiger partial charge in [0, 0.05) is 25.7 Å². The first-order valence-electron chi connectivity index (χ1n) is 8.37. The van der Waals surface area contributed by atoms with Crippen LogP contribution in [0.2, 0.25) is 0 Å². The van der Waals surface area contributed by atoms with Crippen LogP contribution in [0.4, 0.5) is 4.79 Å². The molecule has 24 heavy (non-hydrogen) atoms. The van der Waals surface area contributed by atoms with Gasteiger partial charge in [-0.1, -0.05) is 30.3 Å². The van der Waals surface area contributed by atoms with Crippen LogP contribution in [0.25, 0.3) is 0 Å². The predicted octanol–water partition coefficient (Wildman–Crippen LogP) is 2.44. The molecular weight excluding hydrogens is 308 g/mol. The fourth-order valence-corrected chi connectivity index (χ4v) is 2.92. The number of carboxylic acids is 1. The third-order valence-corrected chi connectivity index (χ3v) is 4.31. The molecule has 6 nitrogen and oxygen atoms in total. The highest BCUT2D eigenvalue weighted by atomic mass is 16.6. The van der Waals surface area contributed by atoms with Crippen molar-refractivity contribution in [2.75, 3.05) is 26.2 Å². The van der Waals surface area contributed by atoms with Crippen LogP contribution >= 0.6 is 0 Å². The molecule has 0 unspecified atom stereocenters. The average molecular weight is 334 g/mol. The molecular formula is C18H26N2O4. The van der Waals surface area contributed by atoms with E-state index < -0.39 is 5.97 Å². The van der Waals surface area contributed by atoms with Crippen molar-refractivity contribution in [3.63, 3.8) is 0 Å². The van der Waals surface area contributed by atoms with Crippen LogP contribution in [0.5, 0.6) is 0 Å². The van der Waals surface area contributed by atoms with E-state index in [9.17, 15) is 9.59 Å². The summed E-state index contributed by atoms with van der Waals surface area (Å²) < 4.78 is 5.36. The van der Waals surface area contributed by atoms with Gasteiger partial charge in [-0.3, -0.25) is 9.69 Å². The normalized spacial score (nSPS) is 17.5. The first-order chi connectivity index (χ1) is 11.5. The van der Waals surface area contributed by atoms with Crippen molar-refractivity contribution in [2.24, 2.45) is 5.92 Å². The molecule has 2 rings (SSSR count). The van der Waals surface area contributed by atoms with Gasteiger partial charge in [0.25, 0.3) is 0 Å². The molecule has 0 spiro atoms. The lowest BCUT2D eigenvalue weighted by molar-refractivity contribution is -0.138. The summed E-state index contributed by atoms with van der Waals surface area (Å²) in [6, 6.07) is 9.77. The first kappa shape index (κ1) is 18.3. The number of ether oxygens (including phenoxy) is 1. The van der Waals surface area contributed by atoms with E-state index in [4.69, 9.17) is 9.84 Å². The number of likely N-dealkylation sites (tertiary alicyclic amines) is 1. The SMILES string of the molecule is CC(C)N(CC(=O)O)C[C@@H]1CCN(C(=O)OCc2ccccc2)C1. The number of carbonyl (C=O) groups is 2. The topological polar surface area (TPSA) is 70.1 Å². The lowest BCUT2D eigenvalue weighted by Gasteiger charge is -2.27. The molecule has 0 aliphatic carbocycles. The number of benzene rings is 1. The summed E-state index contributed by atoms with van der Waals surface area (Å²) in [5, 5.41) is 9.00. The Balaban J connectivity index is 1.79. The Kier molecular flexibility index (Phi) is 6.61. The Labute approximate surface area is 143 Å². The van der Waals surface area contributed by atoms with Gasteiger partial charge in [0.1, 0.15) is 6.61 Å². The van der Waals surface area contributed by atoms with Crippen LogP contribution in [0.15, 0.2) is 30.3 Å². The molecule has 6 heteroatoms. The van der Waals surface area contributed by atoms with Crippen LogP contribution < -0.4 is 0 Å². The van der Waals surface area contributed by atoms with E-state index in [0.29, 0.717) is 19.6 Å². The number of aliphatic carboxylic acids is 1. The van der Waals surface area contributed by atoms with Crippen molar-refractivity contribution in [2.45, 2.75) is 32.9 Å². The second kappa shape index (κ2) is 8.68. The molecule has 1 aromatic rings. The number of hydrogen-bond acceptors (Lipinski definition) is 4. The van der Waals surface area contributed by atoms with E-state index in [-0.39, 0.29) is 31.2 Å². The van der Waals surface area contributed by atoms with Crippen molar-refractivity contribution in [1.29, 1.82) is 0 Å². The molecule has 0 saturated carbocycles. The van der Waals surface area contributed by atoms with Gasteiger partial charge in [-0.05, 0) is 31.7 Å². The maximum atomic E-state index is 12.2. The number of amides is 1. The minimum Gasteiger partial charge on any atom is -0.480 e. The second-order valence-electron chi connectivity index (χ2n) is 6.56. The standard InChI is InChI=1S/C18H26N2O4/c1-14(2)20(12-17(21)22)11-16-8-9-19(10-16)18(23)24-13-15-6-4-3-5-7-15/h3-7,14,16H,8-13H2,1-2H3,(H,21,22)/t16-/m1/s1. The molecule has 132 valence electrons. The van der Waals surface area contributed by atoms with Crippen LogP contribution in [0.1, 0.15) is 25.8 Å². The van der Waals surface area contributed by atoms with E-state index >= 15 is 0 Å². The maximum Gasteiger partial charge on any atom is 0.410 e. The Bertz CT molecular complexity index is 547. The minimum absolute atomic E-state index is 0.0343. The molecule has 0 bridgehead atoms. The molecule has 1 amide bonds. The molecule has 0 aromatic heterocycles. The summed E-state index contributed by atoms with van der Waals surface area (Å²) in [6.45, 7) is 6.26. The summed E-state index contributed by atoms with van der Waals surface area (Å²) in [6.07, 6.45) is 0.583. The third-order valence-electron chi connectivity index (χ3n) is 4.31. The quantitative estimate of drug-likeness (QED) is 0.829. The van der Waals surface area contributed by atoms with Gasteiger partial charge in [-0.15, -0.1) is 0 Å². The molecule has 1 aromatic carbocycles. The highest BCUT2D eigenvalue weighted by Gasteiger charge is 2.29. The van der Waals surface area contributed by atoms with Crippen LogP contribution in [0, 0.1) is 5.92 Å². The number of carboxylic acid groups (broad SMARTS) is 1. The van der Waals surface area contributed by atoms with Crippen molar-refractivity contribution in [3.05, 3.63) is 35.9 Å². The van der Waals surface area contributed by atoms with Crippen LogP contribution in [-0.2, 0) is 16.1 Å². The second-order valence-corrected chi connectivity index (χ2v) is 6.56. The summed E-state index contributed by atoms with van der Waals surface area (Å²) >= 11 is 0.